The summed E-state index contributed by atoms with van der Waals surface area (Å²) in [6.07, 6.45) is 6.42. The third-order valence-corrected chi connectivity index (χ3v) is 2.99. The van der Waals surface area contributed by atoms with Gasteiger partial charge in [-0.15, -0.1) is 5.10 Å². The topological polar surface area (TPSA) is 30.7 Å². The van der Waals surface area contributed by atoms with Crippen LogP contribution in [0, 0.1) is 0 Å². The molecule has 0 radical (unpaired) electrons. The molecule has 0 aliphatic heterocycles. The smallest absolute Gasteiger partial charge is 0.0887 e. The van der Waals surface area contributed by atoms with Crippen LogP contribution >= 0.6 is 0 Å². The van der Waals surface area contributed by atoms with Crippen molar-refractivity contribution in [3.05, 3.63) is 11.4 Å². The fourth-order valence-electron chi connectivity index (χ4n) is 2.12. The maximum Gasteiger partial charge on any atom is 0.0887 e. The molecule has 0 fully saturated rings. The lowest BCUT2D eigenvalue weighted by molar-refractivity contribution is 0.542. The number of hydrogen-bond donors (Lipinski definition) is 0. The van der Waals surface area contributed by atoms with Gasteiger partial charge in [0, 0.05) is 13.0 Å². The predicted octanol–water partition coefficient (Wildman–Crippen LogP) is 4.09. The molecule has 1 unspecified atom stereocenters. The zero-order valence-corrected chi connectivity index (χ0v) is 12.5. The van der Waals surface area contributed by atoms with Crippen LogP contribution in [0.15, 0.2) is 0 Å². The Morgan fingerprint density at radius 2 is 1.71 bits per heavy atom. The second-order valence-electron chi connectivity index (χ2n) is 4.05. The van der Waals surface area contributed by atoms with E-state index in [0.717, 1.165) is 6.42 Å². The SMILES string of the molecule is CC.CC.CC1CCCCCc2c1nnn2C. The Hall–Kier alpha value is -0.860. The molecule has 2 rings (SSSR count). The zero-order chi connectivity index (χ0) is 13.3. The summed E-state index contributed by atoms with van der Waals surface area (Å²) in [6.45, 7) is 10.3. The van der Waals surface area contributed by atoms with E-state index in [4.69, 9.17) is 0 Å². The fourth-order valence-corrected chi connectivity index (χ4v) is 2.12. The molecule has 1 aliphatic carbocycles. The van der Waals surface area contributed by atoms with E-state index in [1.165, 1.54) is 37.1 Å². The standard InChI is InChI=1S/C10H17N3.2C2H6/c1-8-6-4-3-5-7-9-10(8)11-12-13(9)2;2*1-2/h8H,3-7H2,1-2H3;2*1-2H3. The number of fused-ring (bicyclic) bond motifs is 1. The van der Waals surface area contributed by atoms with Gasteiger partial charge in [-0.1, -0.05) is 52.7 Å². The first-order valence-corrected chi connectivity index (χ1v) is 7.17. The highest BCUT2D eigenvalue weighted by atomic mass is 15.4. The van der Waals surface area contributed by atoms with Gasteiger partial charge < -0.3 is 0 Å². The molecule has 0 aromatic carbocycles. The molecule has 0 bridgehead atoms. The van der Waals surface area contributed by atoms with E-state index in [0.29, 0.717) is 5.92 Å². The Morgan fingerprint density at radius 3 is 2.35 bits per heavy atom. The number of rotatable bonds is 0. The van der Waals surface area contributed by atoms with Crippen LogP contribution < -0.4 is 0 Å². The minimum Gasteiger partial charge on any atom is -0.252 e. The molecule has 1 heterocycles. The van der Waals surface area contributed by atoms with Crippen LogP contribution in [0.1, 0.15) is 77.6 Å². The van der Waals surface area contributed by atoms with Crippen LogP contribution in [0.5, 0.6) is 0 Å². The molecule has 0 N–H and O–H groups in total. The molecule has 0 saturated carbocycles. The second-order valence-corrected chi connectivity index (χ2v) is 4.05. The van der Waals surface area contributed by atoms with Crippen molar-refractivity contribution in [2.45, 2.75) is 72.6 Å². The summed E-state index contributed by atoms with van der Waals surface area (Å²) in [4.78, 5) is 0. The quantitative estimate of drug-likeness (QED) is 0.682. The van der Waals surface area contributed by atoms with E-state index in [-0.39, 0.29) is 0 Å². The second kappa shape index (κ2) is 9.20. The highest BCUT2D eigenvalue weighted by Gasteiger charge is 2.18. The summed E-state index contributed by atoms with van der Waals surface area (Å²) < 4.78 is 1.94. The van der Waals surface area contributed by atoms with Crippen molar-refractivity contribution >= 4 is 0 Å². The largest absolute Gasteiger partial charge is 0.252 e. The normalized spacial score (nSPS) is 18.6. The first-order valence-electron chi connectivity index (χ1n) is 7.17. The molecule has 3 nitrogen and oxygen atoms in total. The molecule has 0 amide bonds. The van der Waals surface area contributed by atoms with E-state index >= 15 is 0 Å². The highest BCUT2D eigenvalue weighted by Crippen LogP contribution is 2.26. The number of hydrogen-bond acceptors (Lipinski definition) is 2. The van der Waals surface area contributed by atoms with Crippen molar-refractivity contribution in [2.75, 3.05) is 0 Å². The van der Waals surface area contributed by atoms with Gasteiger partial charge in [-0.3, -0.25) is 4.68 Å². The van der Waals surface area contributed by atoms with Crippen molar-refractivity contribution in [2.24, 2.45) is 7.05 Å². The molecule has 1 atom stereocenters. The van der Waals surface area contributed by atoms with Crippen molar-refractivity contribution in [1.82, 2.24) is 15.0 Å². The van der Waals surface area contributed by atoms with Gasteiger partial charge in [0.2, 0.25) is 0 Å². The van der Waals surface area contributed by atoms with Crippen LogP contribution in [0.3, 0.4) is 0 Å². The lowest BCUT2D eigenvalue weighted by Crippen LogP contribution is -2.06. The fraction of sp³-hybridized carbons (Fsp3) is 0.857. The maximum absolute atomic E-state index is 4.25. The lowest BCUT2D eigenvalue weighted by atomic mass is 9.93. The van der Waals surface area contributed by atoms with E-state index < -0.39 is 0 Å². The highest BCUT2D eigenvalue weighted by molar-refractivity contribution is 5.15. The van der Waals surface area contributed by atoms with E-state index in [1.807, 2.05) is 39.4 Å². The first kappa shape index (κ1) is 16.1. The Bertz CT molecular complexity index is 292. The van der Waals surface area contributed by atoms with Gasteiger partial charge in [0.05, 0.1) is 11.4 Å². The summed E-state index contributed by atoms with van der Waals surface area (Å²) >= 11 is 0. The Kier molecular flexibility index (Phi) is 8.73. The van der Waals surface area contributed by atoms with Crippen molar-refractivity contribution in [3.63, 3.8) is 0 Å². The minimum atomic E-state index is 0.601. The van der Waals surface area contributed by atoms with Crippen molar-refractivity contribution < 1.29 is 0 Å². The van der Waals surface area contributed by atoms with Gasteiger partial charge in [-0.05, 0) is 19.3 Å². The Balaban J connectivity index is 0.000000581. The average Bonchev–Trinajstić information content (AvgIpc) is 2.72. The van der Waals surface area contributed by atoms with E-state index in [9.17, 15) is 0 Å². The van der Waals surface area contributed by atoms with Crippen molar-refractivity contribution in [3.8, 4) is 0 Å². The van der Waals surface area contributed by atoms with E-state index in [1.54, 1.807) is 0 Å². The van der Waals surface area contributed by atoms with Gasteiger partial charge in [0.25, 0.3) is 0 Å². The van der Waals surface area contributed by atoms with Crippen LogP contribution in [-0.4, -0.2) is 15.0 Å². The summed E-state index contributed by atoms with van der Waals surface area (Å²) in [6, 6.07) is 0. The predicted molar refractivity (Wildman–Crippen MR) is 74.3 cm³/mol. The summed E-state index contributed by atoms with van der Waals surface area (Å²) in [5, 5.41) is 8.35. The molecule has 17 heavy (non-hydrogen) atoms. The number of aromatic nitrogens is 3. The summed E-state index contributed by atoms with van der Waals surface area (Å²) in [5.74, 6) is 0.601. The molecular formula is C14H29N3. The zero-order valence-electron chi connectivity index (χ0n) is 12.5. The number of aryl methyl sites for hydroxylation is 1. The maximum atomic E-state index is 4.25. The summed E-state index contributed by atoms with van der Waals surface area (Å²) in [7, 11) is 2.00. The van der Waals surface area contributed by atoms with Crippen LogP contribution in [0.4, 0.5) is 0 Å². The monoisotopic (exact) mass is 239 g/mol. The van der Waals surface area contributed by atoms with Crippen LogP contribution in [-0.2, 0) is 13.5 Å². The van der Waals surface area contributed by atoms with Gasteiger partial charge in [0.1, 0.15) is 0 Å². The lowest BCUT2D eigenvalue weighted by Gasteiger charge is -2.14. The molecule has 3 heteroatoms. The molecular weight excluding hydrogens is 210 g/mol. The van der Waals surface area contributed by atoms with Gasteiger partial charge >= 0.3 is 0 Å². The average molecular weight is 239 g/mol. The molecule has 100 valence electrons. The van der Waals surface area contributed by atoms with Crippen LogP contribution in [0.25, 0.3) is 0 Å². The molecule has 0 saturated heterocycles. The van der Waals surface area contributed by atoms with Crippen molar-refractivity contribution in [1.29, 1.82) is 0 Å². The summed E-state index contributed by atoms with van der Waals surface area (Å²) in [5.41, 5.74) is 2.59. The third-order valence-electron chi connectivity index (χ3n) is 2.99. The number of nitrogens with zero attached hydrogens (tertiary/aromatic N) is 3. The molecule has 1 aromatic rings. The minimum absolute atomic E-state index is 0.601. The Labute approximate surface area is 107 Å². The third kappa shape index (κ3) is 4.49. The Morgan fingerprint density at radius 1 is 1.06 bits per heavy atom. The van der Waals surface area contributed by atoms with Gasteiger partial charge in [-0.25, -0.2) is 0 Å². The first-order chi connectivity index (χ1) is 8.29. The van der Waals surface area contributed by atoms with Crippen LogP contribution in [0.2, 0.25) is 0 Å². The molecule has 0 spiro atoms. The molecule has 1 aromatic heterocycles. The van der Waals surface area contributed by atoms with Gasteiger partial charge in [-0.2, -0.15) is 0 Å². The van der Waals surface area contributed by atoms with Gasteiger partial charge in [0.15, 0.2) is 0 Å². The molecule has 1 aliphatic rings. The van der Waals surface area contributed by atoms with E-state index in [2.05, 4.69) is 17.2 Å².